The van der Waals surface area contributed by atoms with Gasteiger partial charge in [-0.05, 0) is 41.7 Å². The van der Waals surface area contributed by atoms with Crippen molar-refractivity contribution in [2.75, 3.05) is 19.7 Å². The minimum absolute atomic E-state index is 0.0553. The molecule has 1 aliphatic rings. The van der Waals surface area contributed by atoms with Crippen LogP contribution in [0.1, 0.15) is 24.0 Å². The molecular weight excluding hydrogens is 376 g/mol. The number of carbonyl (C=O) groups is 1. The van der Waals surface area contributed by atoms with Crippen LogP contribution in [0.5, 0.6) is 5.75 Å². The van der Waals surface area contributed by atoms with Crippen molar-refractivity contribution in [1.82, 2.24) is 10.2 Å². The molecule has 1 atom stereocenters. The SMILES string of the molecule is O=C(NCCc1cccc2ccccc12)N(Cc1ccccc1O)CC1CCCO1. The van der Waals surface area contributed by atoms with E-state index in [1.807, 2.05) is 24.3 Å². The van der Waals surface area contributed by atoms with Crippen molar-refractivity contribution >= 4 is 16.8 Å². The van der Waals surface area contributed by atoms with Crippen molar-refractivity contribution in [2.24, 2.45) is 0 Å². The summed E-state index contributed by atoms with van der Waals surface area (Å²) in [5.74, 6) is 0.207. The van der Waals surface area contributed by atoms with E-state index in [0.29, 0.717) is 19.6 Å². The first kappa shape index (κ1) is 20.2. The zero-order valence-corrected chi connectivity index (χ0v) is 17.1. The topological polar surface area (TPSA) is 61.8 Å². The molecular formula is C25H28N2O3. The molecule has 3 aromatic rings. The van der Waals surface area contributed by atoms with Crippen molar-refractivity contribution in [3.05, 3.63) is 77.9 Å². The third-order valence-corrected chi connectivity index (χ3v) is 5.64. The summed E-state index contributed by atoms with van der Waals surface area (Å²) >= 11 is 0. The minimum Gasteiger partial charge on any atom is -0.508 e. The summed E-state index contributed by atoms with van der Waals surface area (Å²) in [4.78, 5) is 14.7. The predicted octanol–water partition coefficient (Wildman–Crippen LogP) is 4.48. The van der Waals surface area contributed by atoms with Gasteiger partial charge in [0, 0.05) is 25.3 Å². The predicted molar refractivity (Wildman–Crippen MR) is 119 cm³/mol. The highest BCUT2D eigenvalue weighted by atomic mass is 16.5. The average Bonchev–Trinajstić information content (AvgIpc) is 3.28. The van der Waals surface area contributed by atoms with Crippen molar-refractivity contribution in [3.8, 4) is 5.75 Å². The van der Waals surface area contributed by atoms with Crippen molar-refractivity contribution in [3.63, 3.8) is 0 Å². The molecule has 3 aromatic carbocycles. The van der Waals surface area contributed by atoms with Crippen LogP contribution in [-0.4, -0.2) is 41.8 Å². The largest absolute Gasteiger partial charge is 0.508 e. The summed E-state index contributed by atoms with van der Waals surface area (Å²) in [7, 11) is 0. The number of aromatic hydroxyl groups is 1. The first-order valence-corrected chi connectivity index (χ1v) is 10.6. The Kier molecular flexibility index (Phi) is 6.50. The molecule has 1 heterocycles. The van der Waals surface area contributed by atoms with Crippen LogP contribution in [0.3, 0.4) is 0 Å². The maximum Gasteiger partial charge on any atom is 0.317 e. The number of hydrogen-bond donors (Lipinski definition) is 2. The molecule has 1 unspecified atom stereocenters. The number of nitrogens with one attached hydrogen (secondary N) is 1. The zero-order valence-electron chi connectivity index (χ0n) is 17.1. The molecule has 2 amide bonds. The van der Waals surface area contributed by atoms with Gasteiger partial charge in [0.05, 0.1) is 12.6 Å². The molecule has 5 nitrogen and oxygen atoms in total. The summed E-state index contributed by atoms with van der Waals surface area (Å²) in [6.45, 7) is 2.18. The normalized spacial score (nSPS) is 15.9. The molecule has 4 rings (SSSR count). The third-order valence-electron chi connectivity index (χ3n) is 5.64. The second kappa shape index (κ2) is 9.63. The molecule has 0 spiro atoms. The van der Waals surface area contributed by atoms with Gasteiger partial charge >= 0.3 is 6.03 Å². The number of carbonyl (C=O) groups excluding carboxylic acids is 1. The molecule has 0 aliphatic carbocycles. The lowest BCUT2D eigenvalue weighted by molar-refractivity contribution is 0.0793. The van der Waals surface area contributed by atoms with E-state index in [1.54, 1.807) is 17.0 Å². The van der Waals surface area contributed by atoms with E-state index >= 15 is 0 Å². The molecule has 30 heavy (non-hydrogen) atoms. The van der Waals surface area contributed by atoms with Crippen LogP contribution in [0.2, 0.25) is 0 Å². The second-order valence-corrected chi connectivity index (χ2v) is 7.76. The Hall–Kier alpha value is -3.05. The van der Waals surface area contributed by atoms with Gasteiger partial charge in [0.1, 0.15) is 5.75 Å². The molecule has 5 heteroatoms. The quantitative estimate of drug-likeness (QED) is 0.610. The number of para-hydroxylation sites is 1. The van der Waals surface area contributed by atoms with Crippen molar-refractivity contribution < 1.29 is 14.6 Å². The van der Waals surface area contributed by atoms with Gasteiger partial charge in [0.2, 0.25) is 0 Å². The number of rotatable bonds is 7. The Bertz CT molecular complexity index is 993. The Morgan fingerprint density at radius 3 is 2.63 bits per heavy atom. The molecule has 0 saturated carbocycles. The maximum absolute atomic E-state index is 13.0. The number of phenolic OH excluding ortho intramolecular Hbond substituents is 1. The number of amides is 2. The number of nitrogens with zero attached hydrogens (tertiary/aromatic N) is 1. The van der Waals surface area contributed by atoms with E-state index in [4.69, 9.17) is 4.74 Å². The summed E-state index contributed by atoms with van der Waals surface area (Å²) in [6.07, 6.45) is 2.80. The highest BCUT2D eigenvalue weighted by Crippen LogP contribution is 2.21. The highest BCUT2D eigenvalue weighted by molar-refractivity contribution is 5.85. The maximum atomic E-state index is 13.0. The van der Waals surface area contributed by atoms with Gasteiger partial charge in [-0.25, -0.2) is 4.79 Å². The number of hydrogen-bond acceptors (Lipinski definition) is 3. The van der Waals surface area contributed by atoms with E-state index in [0.717, 1.165) is 31.4 Å². The van der Waals surface area contributed by atoms with Gasteiger partial charge in [-0.2, -0.15) is 0 Å². The van der Waals surface area contributed by atoms with Crippen molar-refractivity contribution in [1.29, 1.82) is 0 Å². The van der Waals surface area contributed by atoms with Crippen LogP contribution in [0.25, 0.3) is 10.8 Å². The van der Waals surface area contributed by atoms with E-state index in [9.17, 15) is 9.90 Å². The average molecular weight is 405 g/mol. The van der Waals surface area contributed by atoms with E-state index in [1.165, 1.54) is 16.3 Å². The molecule has 0 aromatic heterocycles. The zero-order chi connectivity index (χ0) is 20.8. The molecule has 1 fully saturated rings. The molecule has 1 aliphatic heterocycles. The Balaban J connectivity index is 1.41. The first-order chi connectivity index (χ1) is 14.7. The van der Waals surface area contributed by atoms with Gasteiger partial charge in [0.25, 0.3) is 0 Å². The lowest BCUT2D eigenvalue weighted by atomic mass is 10.0. The van der Waals surface area contributed by atoms with Gasteiger partial charge < -0.3 is 20.1 Å². The lowest BCUT2D eigenvalue weighted by Gasteiger charge is -2.26. The van der Waals surface area contributed by atoms with E-state index < -0.39 is 0 Å². The van der Waals surface area contributed by atoms with Crippen LogP contribution in [0.4, 0.5) is 4.79 Å². The summed E-state index contributed by atoms with van der Waals surface area (Å²) < 4.78 is 5.74. The fraction of sp³-hybridized carbons (Fsp3) is 0.320. The Morgan fingerprint density at radius 1 is 1.03 bits per heavy atom. The number of ether oxygens (including phenoxy) is 1. The molecule has 1 saturated heterocycles. The fourth-order valence-electron chi connectivity index (χ4n) is 4.03. The minimum atomic E-state index is -0.131. The van der Waals surface area contributed by atoms with Crippen LogP contribution in [-0.2, 0) is 17.7 Å². The third kappa shape index (κ3) is 4.92. The smallest absolute Gasteiger partial charge is 0.317 e. The molecule has 2 N–H and O–H groups in total. The van der Waals surface area contributed by atoms with Gasteiger partial charge in [-0.15, -0.1) is 0 Å². The second-order valence-electron chi connectivity index (χ2n) is 7.76. The lowest BCUT2D eigenvalue weighted by Crippen LogP contribution is -2.43. The summed E-state index contributed by atoms with van der Waals surface area (Å²) in [5.41, 5.74) is 1.96. The number of fused-ring (bicyclic) bond motifs is 1. The van der Waals surface area contributed by atoms with Crippen LogP contribution in [0, 0.1) is 0 Å². The highest BCUT2D eigenvalue weighted by Gasteiger charge is 2.23. The molecule has 156 valence electrons. The van der Waals surface area contributed by atoms with Gasteiger partial charge in [0.15, 0.2) is 0 Å². The monoisotopic (exact) mass is 404 g/mol. The number of benzene rings is 3. The van der Waals surface area contributed by atoms with E-state index in [-0.39, 0.29) is 17.9 Å². The molecule has 0 radical (unpaired) electrons. The Morgan fingerprint density at radius 2 is 1.80 bits per heavy atom. The van der Waals surface area contributed by atoms with Gasteiger partial charge in [-0.3, -0.25) is 0 Å². The van der Waals surface area contributed by atoms with Crippen molar-refractivity contribution in [2.45, 2.75) is 31.9 Å². The molecule has 0 bridgehead atoms. The Labute approximate surface area is 177 Å². The fourth-order valence-corrected chi connectivity index (χ4v) is 4.03. The van der Waals surface area contributed by atoms with E-state index in [2.05, 4.69) is 35.6 Å². The van der Waals surface area contributed by atoms with Crippen LogP contribution >= 0.6 is 0 Å². The van der Waals surface area contributed by atoms with Crippen LogP contribution < -0.4 is 5.32 Å². The van der Waals surface area contributed by atoms with Crippen LogP contribution in [0.15, 0.2) is 66.7 Å². The summed E-state index contributed by atoms with van der Waals surface area (Å²) in [5, 5.41) is 15.6. The summed E-state index contributed by atoms with van der Waals surface area (Å²) in [6, 6.07) is 21.6. The first-order valence-electron chi connectivity index (χ1n) is 10.6. The standard InChI is InChI=1S/C25H28N2O3/c28-24-13-4-2-8-21(24)17-27(18-22-11-6-16-30-22)25(29)26-15-14-20-10-5-9-19-7-1-3-12-23(19)20/h1-5,7-10,12-13,22,28H,6,11,14-18H2,(H,26,29). The number of urea groups is 1. The number of phenols is 1. The van der Waals surface area contributed by atoms with Gasteiger partial charge in [-0.1, -0.05) is 60.7 Å².